The maximum Gasteiger partial charge on any atom is 0.264 e. The van der Waals surface area contributed by atoms with Crippen LogP contribution >= 0.6 is 11.6 Å². The second kappa shape index (κ2) is 14.2. The number of anilines is 1. The van der Waals surface area contributed by atoms with E-state index < -0.39 is 28.5 Å². The van der Waals surface area contributed by atoms with E-state index in [2.05, 4.69) is 5.32 Å². The fourth-order valence-corrected chi connectivity index (χ4v) is 5.79. The van der Waals surface area contributed by atoms with Crippen LogP contribution in [-0.2, 0) is 26.2 Å². The number of hydrogen-bond donors (Lipinski definition) is 1. The maximum atomic E-state index is 14.0. The lowest BCUT2D eigenvalue weighted by Crippen LogP contribution is -2.52. The molecule has 0 saturated carbocycles. The van der Waals surface area contributed by atoms with Crippen LogP contribution in [0.15, 0.2) is 77.7 Å². The van der Waals surface area contributed by atoms with Gasteiger partial charge in [-0.2, -0.15) is 0 Å². The molecule has 0 fully saturated rings. The summed E-state index contributed by atoms with van der Waals surface area (Å²) in [5.41, 5.74) is 1.96. The minimum Gasteiger partial charge on any atom is -0.497 e. The lowest BCUT2D eigenvalue weighted by Gasteiger charge is -2.33. The third kappa shape index (κ3) is 7.76. The van der Waals surface area contributed by atoms with Crippen LogP contribution in [0.1, 0.15) is 37.8 Å². The van der Waals surface area contributed by atoms with Crippen LogP contribution < -0.4 is 14.4 Å². The van der Waals surface area contributed by atoms with E-state index in [0.717, 1.165) is 21.9 Å². The molecule has 0 aliphatic rings. The van der Waals surface area contributed by atoms with Gasteiger partial charge in [-0.1, -0.05) is 49.7 Å². The van der Waals surface area contributed by atoms with Gasteiger partial charge in [0.05, 0.1) is 17.7 Å². The first-order valence-corrected chi connectivity index (χ1v) is 15.0. The Bertz CT molecular complexity index is 1400. The topological polar surface area (TPSA) is 96.0 Å². The van der Waals surface area contributed by atoms with Crippen molar-refractivity contribution in [2.75, 3.05) is 24.5 Å². The molecule has 0 bridgehead atoms. The smallest absolute Gasteiger partial charge is 0.264 e. The predicted octanol–water partition coefficient (Wildman–Crippen LogP) is 5.19. The Morgan fingerprint density at radius 3 is 2.25 bits per heavy atom. The summed E-state index contributed by atoms with van der Waals surface area (Å²) in [5.74, 6) is -0.128. The summed E-state index contributed by atoms with van der Waals surface area (Å²) >= 11 is 6.00. The third-order valence-electron chi connectivity index (χ3n) is 6.42. The second-order valence-corrected chi connectivity index (χ2v) is 11.7. The van der Waals surface area contributed by atoms with Gasteiger partial charge in [0, 0.05) is 18.1 Å². The van der Waals surface area contributed by atoms with Gasteiger partial charge in [-0.05, 0) is 79.4 Å². The third-order valence-corrected chi connectivity index (χ3v) is 8.46. The molecule has 0 aromatic heterocycles. The van der Waals surface area contributed by atoms with E-state index in [0.29, 0.717) is 29.4 Å². The van der Waals surface area contributed by atoms with E-state index in [4.69, 9.17) is 16.3 Å². The van der Waals surface area contributed by atoms with Crippen LogP contribution in [0, 0.1) is 6.92 Å². The molecule has 0 aliphatic carbocycles. The van der Waals surface area contributed by atoms with Gasteiger partial charge in [0.25, 0.3) is 10.0 Å². The van der Waals surface area contributed by atoms with Crippen LogP contribution in [0.3, 0.4) is 0 Å². The van der Waals surface area contributed by atoms with Gasteiger partial charge in [0.2, 0.25) is 11.8 Å². The molecule has 1 atom stereocenters. The van der Waals surface area contributed by atoms with Crippen molar-refractivity contribution < 1.29 is 22.7 Å². The molecule has 10 heteroatoms. The number of nitrogens with one attached hydrogen (secondary N) is 1. The van der Waals surface area contributed by atoms with Crippen molar-refractivity contribution in [2.24, 2.45) is 0 Å². The number of rotatable bonds is 13. The number of sulfonamides is 1. The van der Waals surface area contributed by atoms with Gasteiger partial charge in [0.15, 0.2) is 0 Å². The summed E-state index contributed by atoms with van der Waals surface area (Å²) in [5, 5.41) is 3.27. The van der Waals surface area contributed by atoms with Crippen molar-refractivity contribution >= 4 is 39.1 Å². The fraction of sp³-hybridized carbons (Fsp3) is 0.333. The second-order valence-electron chi connectivity index (χ2n) is 9.39. The number of carbonyl (C=O) groups excluding carboxylic acids is 2. The number of carbonyl (C=O) groups is 2. The molecule has 40 heavy (non-hydrogen) atoms. The summed E-state index contributed by atoms with van der Waals surface area (Å²) < 4.78 is 34.1. The zero-order chi connectivity index (χ0) is 29.3. The minimum absolute atomic E-state index is 0.000593. The van der Waals surface area contributed by atoms with Crippen LogP contribution in [0.4, 0.5) is 5.69 Å². The quantitative estimate of drug-likeness (QED) is 0.298. The van der Waals surface area contributed by atoms with Crippen LogP contribution in [0.25, 0.3) is 0 Å². The summed E-state index contributed by atoms with van der Waals surface area (Å²) in [6.45, 7) is 5.71. The lowest BCUT2D eigenvalue weighted by atomic mass is 10.1. The zero-order valence-corrected chi connectivity index (χ0v) is 24.8. The highest BCUT2D eigenvalue weighted by molar-refractivity contribution is 7.92. The lowest BCUT2D eigenvalue weighted by molar-refractivity contribution is -0.140. The molecule has 3 aromatic carbocycles. The number of amides is 2. The van der Waals surface area contributed by atoms with Crippen molar-refractivity contribution in [3.63, 3.8) is 0 Å². The highest BCUT2D eigenvalue weighted by atomic mass is 35.5. The molecule has 0 aliphatic heterocycles. The Kier molecular flexibility index (Phi) is 11.0. The molecular formula is C30H36ClN3O5S. The molecule has 2 amide bonds. The standard InChI is InChI=1S/C30H36ClN3O5S/c1-5-18-32-30(36)28(6-2)33(20-23-10-14-26(39-4)15-11-23)29(35)21-34(25-9-7-8-22(3)19-25)40(37,38)27-16-12-24(31)13-17-27/h7-17,19,28H,5-6,18,20-21H2,1-4H3,(H,32,36)/t28-/m1/s1. The summed E-state index contributed by atoms with van der Waals surface area (Å²) in [6.07, 6.45) is 1.10. The van der Waals surface area contributed by atoms with Crippen LogP contribution in [-0.4, -0.2) is 51.4 Å². The number of aryl methyl sites for hydroxylation is 1. The van der Waals surface area contributed by atoms with Crippen molar-refractivity contribution in [1.82, 2.24) is 10.2 Å². The Labute approximate surface area is 241 Å². The highest BCUT2D eigenvalue weighted by Gasteiger charge is 2.33. The average molecular weight is 586 g/mol. The first-order valence-electron chi connectivity index (χ1n) is 13.2. The Balaban J connectivity index is 2.04. The average Bonchev–Trinajstić information content (AvgIpc) is 2.95. The van der Waals surface area contributed by atoms with E-state index in [1.807, 2.05) is 39.0 Å². The molecule has 214 valence electrons. The summed E-state index contributed by atoms with van der Waals surface area (Å²) in [6, 6.07) is 19.1. The normalized spacial score (nSPS) is 11.9. The molecule has 3 rings (SSSR count). The van der Waals surface area contributed by atoms with Gasteiger partial charge in [0.1, 0.15) is 18.3 Å². The van der Waals surface area contributed by atoms with Gasteiger partial charge < -0.3 is 15.0 Å². The molecular weight excluding hydrogens is 550 g/mol. The Morgan fingerprint density at radius 1 is 1.00 bits per heavy atom. The highest BCUT2D eigenvalue weighted by Crippen LogP contribution is 2.26. The molecule has 8 nitrogen and oxygen atoms in total. The number of hydrogen-bond acceptors (Lipinski definition) is 5. The number of benzene rings is 3. The van der Waals surface area contributed by atoms with Crippen LogP contribution in [0.5, 0.6) is 5.75 Å². The number of halogens is 1. The van der Waals surface area contributed by atoms with E-state index in [1.54, 1.807) is 37.4 Å². The molecule has 0 heterocycles. The minimum atomic E-state index is -4.15. The van der Waals surface area contributed by atoms with Crippen molar-refractivity contribution in [1.29, 1.82) is 0 Å². The molecule has 3 aromatic rings. The van der Waals surface area contributed by atoms with E-state index in [9.17, 15) is 18.0 Å². The van der Waals surface area contributed by atoms with Gasteiger partial charge in [-0.25, -0.2) is 8.42 Å². The van der Waals surface area contributed by atoms with Gasteiger partial charge in [-0.15, -0.1) is 0 Å². The summed E-state index contributed by atoms with van der Waals surface area (Å²) in [7, 11) is -2.59. The van der Waals surface area contributed by atoms with E-state index in [-0.39, 0.29) is 17.3 Å². The van der Waals surface area contributed by atoms with Gasteiger partial charge >= 0.3 is 0 Å². The van der Waals surface area contributed by atoms with Crippen LogP contribution in [0.2, 0.25) is 5.02 Å². The van der Waals surface area contributed by atoms with E-state index >= 15 is 0 Å². The number of ether oxygens (including phenoxy) is 1. The molecule has 1 N–H and O–H groups in total. The first kappa shape index (κ1) is 31.0. The maximum absolute atomic E-state index is 14.0. The van der Waals surface area contributed by atoms with E-state index in [1.165, 1.54) is 29.2 Å². The molecule has 0 spiro atoms. The Morgan fingerprint density at radius 2 is 1.68 bits per heavy atom. The zero-order valence-electron chi connectivity index (χ0n) is 23.3. The van der Waals surface area contributed by atoms with Gasteiger partial charge in [-0.3, -0.25) is 13.9 Å². The number of methoxy groups -OCH3 is 1. The molecule has 0 radical (unpaired) electrons. The van der Waals surface area contributed by atoms with Crippen molar-refractivity contribution in [2.45, 2.75) is 51.1 Å². The number of nitrogens with zero attached hydrogens (tertiary/aromatic N) is 2. The fourth-order valence-electron chi connectivity index (χ4n) is 4.26. The van der Waals surface area contributed by atoms with Crippen molar-refractivity contribution in [3.8, 4) is 5.75 Å². The largest absolute Gasteiger partial charge is 0.497 e. The first-order chi connectivity index (χ1) is 19.1. The molecule has 0 unspecified atom stereocenters. The SMILES string of the molecule is CCCNC(=O)[C@@H](CC)N(Cc1ccc(OC)cc1)C(=O)CN(c1cccc(C)c1)S(=O)(=O)c1ccc(Cl)cc1. The predicted molar refractivity (Wildman–Crippen MR) is 158 cm³/mol. The monoisotopic (exact) mass is 585 g/mol. The Hall–Kier alpha value is -3.56. The van der Waals surface area contributed by atoms with Crippen molar-refractivity contribution in [3.05, 3.63) is 88.9 Å². The molecule has 0 saturated heterocycles. The summed E-state index contributed by atoms with van der Waals surface area (Å²) in [4.78, 5) is 28.6.